The van der Waals surface area contributed by atoms with Crippen LogP contribution in [0.5, 0.6) is 0 Å². The quantitative estimate of drug-likeness (QED) is 0.395. The number of nitrogens with two attached hydrogens (primary N) is 1. The van der Waals surface area contributed by atoms with Crippen LogP contribution in [0.15, 0.2) is 42.0 Å². The number of nitrogens with zero attached hydrogens (tertiary/aromatic N) is 5. The van der Waals surface area contributed by atoms with Gasteiger partial charge in [0.2, 0.25) is 5.13 Å². The third kappa shape index (κ3) is 3.99. The van der Waals surface area contributed by atoms with Crippen LogP contribution in [0.3, 0.4) is 0 Å². The van der Waals surface area contributed by atoms with Gasteiger partial charge in [0.25, 0.3) is 0 Å². The van der Waals surface area contributed by atoms with E-state index in [1.54, 1.807) is 28.0 Å². The highest BCUT2D eigenvalue weighted by Crippen LogP contribution is 2.34. The Hall–Kier alpha value is -2.86. The Morgan fingerprint density at radius 2 is 2.19 bits per heavy atom. The largest absolute Gasteiger partial charge is 0.369 e. The summed E-state index contributed by atoms with van der Waals surface area (Å²) in [7, 11) is 1.79. The van der Waals surface area contributed by atoms with Gasteiger partial charge < -0.3 is 20.9 Å². The van der Waals surface area contributed by atoms with Crippen molar-refractivity contribution in [3.8, 4) is 5.13 Å². The lowest BCUT2D eigenvalue weighted by Gasteiger charge is -2.19. The van der Waals surface area contributed by atoms with E-state index in [0.717, 1.165) is 16.6 Å². The first kappa shape index (κ1) is 21.0. The molecule has 168 valence electrons. The van der Waals surface area contributed by atoms with Crippen LogP contribution in [0.1, 0.15) is 36.6 Å². The molecule has 1 saturated heterocycles. The molecule has 1 aromatic carbocycles. The van der Waals surface area contributed by atoms with Gasteiger partial charge in [-0.3, -0.25) is 4.68 Å². The van der Waals surface area contributed by atoms with Crippen molar-refractivity contribution in [2.45, 2.75) is 37.4 Å². The van der Waals surface area contributed by atoms with E-state index in [-0.39, 0.29) is 12.7 Å². The minimum absolute atomic E-state index is 0.0628. The molecule has 0 amide bonds. The van der Waals surface area contributed by atoms with Crippen LogP contribution in [0, 0.1) is 0 Å². The summed E-state index contributed by atoms with van der Waals surface area (Å²) < 4.78 is 23.1. The van der Waals surface area contributed by atoms with E-state index in [4.69, 9.17) is 10.5 Å². The van der Waals surface area contributed by atoms with Gasteiger partial charge in [0, 0.05) is 30.1 Å². The second-order valence-electron chi connectivity index (χ2n) is 7.88. The van der Waals surface area contributed by atoms with Crippen molar-refractivity contribution in [2.75, 3.05) is 11.9 Å². The van der Waals surface area contributed by atoms with Gasteiger partial charge in [-0.1, -0.05) is 18.2 Å². The maximum absolute atomic E-state index is 14.0. The molecule has 0 spiro atoms. The number of aromatic nitrogens is 5. The molecule has 5 rings (SSSR count). The summed E-state index contributed by atoms with van der Waals surface area (Å²) in [4.78, 5) is 4.54. The summed E-state index contributed by atoms with van der Waals surface area (Å²) in [6.07, 6.45) is 1.98. The molecular weight excluding hydrogens is 433 g/mol. The summed E-state index contributed by atoms with van der Waals surface area (Å²) in [6, 6.07) is 7.28. The number of aliphatic hydroxyl groups excluding tert-OH is 1. The predicted octanol–water partition coefficient (Wildman–Crippen LogP) is 2.84. The highest BCUT2D eigenvalue weighted by Gasteiger charge is 2.30. The fraction of sp³-hybridized carbons (Fsp3) is 0.381. The molecule has 0 radical (unpaired) electrons. The summed E-state index contributed by atoms with van der Waals surface area (Å²) in [5, 5.41) is 26.1. The zero-order valence-corrected chi connectivity index (χ0v) is 18.2. The summed E-state index contributed by atoms with van der Waals surface area (Å²) >= 11 is 1.39. The molecular formula is C21H24FN7O2S. The maximum atomic E-state index is 14.0. The number of halogens is 1. The van der Waals surface area contributed by atoms with E-state index in [1.807, 2.05) is 30.5 Å². The van der Waals surface area contributed by atoms with Gasteiger partial charge in [-0.2, -0.15) is 10.2 Å². The van der Waals surface area contributed by atoms with Crippen molar-refractivity contribution in [1.29, 1.82) is 0 Å². The van der Waals surface area contributed by atoms with Crippen molar-refractivity contribution in [1.82, 2.24) is 24.5 Å². The average molecular weight is 458 g/mol. The van der Waals surface area contributed by atoms with Crippen LogP contribution < -0.4 is 11.1 Å². The average Bonchev–Trinajstić information content (AvgIpc) is 3.49. The van der Waals surface area contributed by atoms with Crippen molar-refractivity contribution in [3.63, 3.8) is 0 Å². The molecule has 1 fully saturated rings. The molecule has 0 saturated carbocycles. The number of aliphatic hydroxyl groups is 1. The van der Waals surface area contributed by atoms with E-state index in [9.17, 15) is 9.50 Å². The van der Waals surface area contributed by atoms with Crippen LogP contribution in [0.4, 0.5) is 10.1 Å². The number of anilines is 1. The van der Waals surface area contributed by atoms with Gasteiger partial charge in [-0.05, 0) is 18.9 Å². The number of nitrogens with one attached hydrogen (secondary N) is 1. The SMILES string of the molecule is Cn1ncc(NC(O)c2csc(-n3cc4ccccc4n3)n2)c1[C@@H]1CC[C@@H](N)[C@H](F)CO1. The zero-order chi connectivity index (χ0) is 22.2. The van der Waals surface area contributed by atoms with Crippen molar-refractivity contribution >= 4 is 27.9 Å². The minimum atomic E-state index is -1.19. The third-order valence-electron chi connectivity index (χ3n) is 5.66. The molecule has 4 N–H and O–H groups in total. The lowest BCUT2D eigenvalue weighted by molar-refractivity contribution is 0.0246. The topological polar surface area (TPSA) is 116 Å². The number of alkyl halides is 1. The van der Waals surface area contributed by atoms with E-state index >= 15 is 0 Å². The standard InChI is InChI=1S/C21H24FN7O2S/c1-28-19(18-7-6-14(23)13(22)10-31-18)16(8-24-28)25-20(30)17-11-32-21(26-17)29-9-12-4-2-3-5-15(12)27-29/h2-5,8-9,11,13-14,18,20,25,30H,6-7,10,23H2,1H3/t13-,14-,18+,20?/m1/s1. The first-order valence-electron chi connectivity index (χ1n) is 10.4. The first-order valence-corrected chi connectivity index (χ1v) is 11.3. The number of aryl methyl sites for hydroxylation is 1. The Kier molecular flexibility index (Phi) is 5.64. The highest BCUT2D eigenvalue weighted by atomic mass is 32.1. The van der Waals surface area contributed by atoms with Crippen LogP contribution in [0.25, 0.3) is 16.0 Å². The fourth-order valence-electron chi connectivity index (χ4n) is 3.89. The van der Waals surface area contributed by atoms with Gasteiger partial charge in [-0.15, -0.1) is 11.3 Å². The van der Waals surface area contributed by atoms with Crippen molar-refractivity contribution in [2.24, 2.45) is 12.8 Å². The highest BCUT2D eigenvalue weighted by molar-refractivity contribution is 7.12. The van der Waals surface area contributed by atoms with Crippen molar-refractivity contribution < 1.29 is 14.2 Å². The normalized spacial score (nSPS) is 22.7. The third-order valence-corrected chi connectivity index (χ3v) is 6.51. The smallest absolute Gasteiger partial charge is 0.210 e. The molecule has 3 aromatic heterocycles. The Bertz CT molecular complexity index is 1180. The van der Waals surface area contributed by atoms with Gasteiger partial charge >= 0.3 is 0 Å². The molecule has 1 aliphatic rings. The second-order valence-corrected chi connectivity index (χ2v) is 8.72. The molecule has 4 atom stereocenters. The Labute approximate surface area is 187 Å². The summed E-state index contributed by atoms with van der Waals surface area (Å²) in [6.45, 7) is -0.0628. The molecule has 32 heavy (non-hydrogen) atoms. The number of ether oxygens (including phenoxy) is 1. The second kappa shape index (κ2) is 8.58. The number of hydrogen-bond donors (Lipinski definition) is 3. The van der Waals surface area contributed by atoms with E-state index in [2.05, 4.69) is 20.5 Å². The summed E-state index contributed by atoms with van der Waals surface area (Å²) in [5.74, 6) is 0. The van der Waals surface area contributed by atoms with Gasteiger partial charge in [0.1, 0.15) is 18.0 Å². The molecule has 4 heterocycles. The van der Waals surface area contributed by atoms with E-state index in [1.165, 1.54) is 11.3 Å². The molecule has 4 aromatic rings. The Morgan fingerprint density at radius 1 is 1.34 bits per heavy atom. The van der Waals surface area contributed by atoms with Gasteiger partial charge in [-0.25, -0.2) is 14.1 Å². The lowest BCUT2D eigenvalue weighted by atomic mass is 10.0. The number of rotatable bonds is 5. The maximum Gasteiger partial charge on any atom is 0.210 e. The number of fused-ring (bicyclic) bond motifs is 1. The first-order chi connectivity index (χ1) is 15.5. The molecule has 9 nitrogen and oxygen atoms in total. The lowest BCUT2D eigenvalue weighted by Crippen LogP contribution is -2.32. The minimum Gasteiger partial charge on any atom is -0.369 e. The van der Waals surface area contributed by atoms with Crippen LogP contribution in [-0.4, -0.2) is 48.5 Å². The molecule has 1 unspecified atom stereocenters. The monoisotopic (exact) mass is 457 g/mol. The van der Waals surface area contributed by atoms with E-state index in [0.29, 0.717) is 29.4 Å². The van der Waals surface area contributed by atoms with Crippen LogP contribution in [0.2, 0.25) is 0 Å². The molecule has 1 aliphatic heterocycles. The van der Waals surface area contributed by atoms with Crippen LogP contribution in [-0.2, 0) is 11.8 Å². The Morgan fingerprint density at radius 3 is 3.03 bits per heavy atom. The number of thiazole rings is 1. The Balaban J connectivity index is 1.34. The molecule has 0 aliphatic carbocycles. The van der Waals surface area contributed by atoms with Gasteiger partial charge in [0.05, 0.1) is 29.7 Å². The molecule has 11 heteroatoms. The van der Waals surface area contributed by atoms with Crippen LogP contribution >= 0.6 is 11.3 Å². The molecule has 0 bridgehead atoms. The summed E-state index contributed by atoms with van der Waals surface area (Å²) in [5.41, 5.74) is 8.54. The van der Waals surface area contributed by atoms with E-state index < -0.39 is 18.4 Å². The number of hydrogen-bond acceptors (Lipinski definition) is 8. The van der Waals surface area contributed by atoms with Crippen molar-refractivity contribution in [3.05, 3.63) is 53.4 Å². The van der Waals surface area contributed by atoms with Gasteiger partial charge in [0.15, 0.2) is 6.23 Å². The fourth-order valence-corrected chi connectivity index (χ4v) is 4.65. The predicted molar refractivity (Wildman–Crippen MR) is 119 cm³/mol. The number of benzene rings is 1. The zero-order valence-electron chi connectivity index (χ0n) is 17.4.